The highest BCUT2D eigenvalue weighted by atomic mass is 35.5. The number of carbonyl (C=O) groups excluding carboxylic acids is 2. The minimum atomic E-state index is -0.215. The zero-order chi connectivity index (χ0) is 19.8. The molecule has 9 heteroatoms. The Morgan fingerprint density at radius 3 is 2.32 bits per heavy atom. The van der Waals surface area contributed by atoms with Crippen molar-refractivity contribution in [2.45, 2.75) is 25.8 Å². The zero-order valence-corrected chi connectivity index (χ0v) is 17.6. The van der Waals surface area contributed by atoms with E-state index in [1.165, 1.54) is 21.3 Å². The first-order valence-electron chi connectivity index (χ1n) is 9.02. The molecule has 1 aliphatic heterocycles. The highest BCUT2D eigenvalue weighted by molar-refractivity contribution is 5.95. The largest absolute Gasteiger partial charge is 0.493 e. The van der Waals surface area contributed by atoms with Gasteiger partial charge in [-0.15, -0.1) is 12.4 Å². The van der Waals surface area contributed by atoms with Crippen LogP contribution in [0.2, 0.25) is 0 Å². The number of esters is 1. The van der Waals surface area contributed by atoms with E-state index < -0.39 is 0 Å². The van der Waals surface area contributed by atoms with Crippen molar-refractivity contribution in [2.24, 2.45) is 0 Å². The van der Waals surface area contributed by atoms with E-state index in [2.05, 4.69) is 5.32 Å². The van der Waals surface area contributed by atoms with Gasteiger partial charge in [0.15, 0.2) is 11.5 Å². The summed E-state index contributed by atoms with van der Waals surface area (Å²) in [7, 11) is 4.55. The number of nitrogens with zero attached hydrogens (tertiary/aromatic N) is 1. The summed E-state index contributed by atoms with van der Waals surface area (Å²) in [6.07, 6.45) is 0.954. The third-order valence-electron chi connectivity index (χ3n) is 4.46. The molecule has 1 fully saturated rings. The van der Waals surface area contributed by atoms with Crippen LogP contribution in [0.15, 0.2) is 12.1 Å². The molecule has 0 aromatic heterocycles. The topological polar surface area (TPSA) is 86.3 Å². The first kappa shape index (κ1) is 23.8. The van der Waals surface area contributed by atoms with E-state index in [0.29, 0.717) is 61.9 Å². The van der Waals surface area contributed by atoms with Gasteiger partial charge in [-0.05, 0) is 25.5 Å². The molecule has 0 aliphatic carbocycles. The van der Waals surface area contributed by atoms with E-state index in [1.807, 2.05) is 0 Å². The Morgan fingerprint density at radius 1 is 1.14 bits per heavy atom. The van der Waals surface area contributed by atoms with Gasteiger partial charge in [0, 0.05) is 37.7 Å². The average molecular weight is 417 g/mol. The standard InChI is InChI=1S/C19H28N2O6.ClH/c1-5-27-17(22)7-6-14-12-21(9-8-20-14)19(23)13-10-15(24-2)18(26-4)16(11-13)25-3;/h10-11,14,20H,5-9,12H2,1-4H3;1H. The normalized spacial score (nSPS) is 16.0. The number of benzene rings is 1. The summed E-state index contributed by atoms with van der Waals surface area (Å²) in [5.74, 6) is 0.997. The van der Waals surface area contributed by atoms with Gasteiger partial charge in [0.2, 0.25) is 5.75 Å². The molecule has 8 nitrogen and oxygen atoms in total. The first-order valence-corrected chi connectivity index (χ1v) is 9.02. The smallest absolute Gasteiger partial charge is 0.305 e. The Balaban J connectivity index is 0.00000392. The molecule has 2 rings (SSSR count). The maximum absolute atomic E-state index is 13.0. The molecule has 158 valence electrons. The molecule has 1 aliphatic rings. The van der Waals surface area contributed by atoms with Crippen LogP contribution >= 0.6 is 12.4 Å². The monoisotopic (exact) mass is 416 g/mol. The molecule has 1 aromatic rings. The second-order valence-corrected chi connectivity index (χ2v) is 6.16. The Labute approximate surface area is 171 Å². The van der Waals surface area contributed by atoms with Crippen molar-refractivity contribution in [3.63, 3.8) is 0 Å². The highest BCUT2D eigenvalue weighted by Crippen LogP contribution is 2.38. The number of nitrogens with one attached hydrogen (secondary N) is 1. The van der Waals surface area contributed by atoms with Gasteiger partial charge < -0.3 is 29.2 Å². The molecule has 1 N–H and O–H groups in total. The molecule has 0 radical (unpaired) electrons. The molecule has 1 heterocycles. The summed E-state index contributed by atoms with van der Waals surface area (Å²) >= 11 is 0. The van der Waals surface area contributed by atoms with E-state index in [-0.39, 0.29) is 30.3 Å². The number of methoxy groups -OCH3 is 3. The van der Waals surface area contributed by atoms with Crippen LogP contribution in [0.1, 0.15) is 30.1 Å². The van der Waals surface area contributed by atoms with E-state index in [9.17, 15) is 9.59 Å². The van der Waals surface area contributed by atoms with Gasteiger partial charge in [0.25, 0.3) is 5.91 Å². The lowest BCUT2D eigenvalue weighted by Gasteiger charge is -2.34. The summed E-state index contributed by atoms with van der Waals surface area (Å²) in [4.78, 5) is 26.3. The molecule has 0 saturated carbocycles. The lowest BCUT2D eigenvalue weighted by Crippen LogP contribution is -2.52. The summed E-state index contributed by atoms with van der Waals surface area (Å²) in [6.45, 7) is 3.95. The van der Waals surface area contributed by atoms with Gasteiger partial charge in [-0.2, -0.15) is 0 Å². The van der Waals surface area contributed by atoms with Crippen molar-refractivity contribution in [3.8, 4) is 17.2 Å². The van der Waals surface area contributed by atoms with Gasteiger partial charge in [-0.1, -0.05) is 0 Å². The molecule has 1 amide bonds. The predicted octanol–water partition coefficient (Wildman–Crippen LogP) is 1.89. The van der Waals surface area contributed by atoms with Gasteiger partial charge in [0.05, 0.1) is 27.9 Å². The molecule has 0 bridgehead atoms. The SMILES string of the molecule is CCOC(=O)CCC1CN(C(=O)c2cc(OC)c(OC)c(OC)c2)CCN1.Cl. The lowest BCUT2D eigenvalue weighted by molar-refractivity contribution is -0.143. The maximum Gasteiger partial charge on any atom is 0.305 e. The van der Waals surface area contributed by atoms with Crippen LogP contribution in [0.3, 0.4) is 0 Å². The van der Waals surface area contributed by atoms with Crippen molar-refractivity contribution < 1.29 is 28.5 Å². The van der Waals surface area contributed by atoms with Crippen molar-refractivity contribution in [3.05, 3.63) is 17.7 Å². The molecule has 1 unspecified atom stereocenters. The lowest BCUT2D eigenvalue weighted by atomic mass is 10.1. The van der Waals surface area contributed by atoms with Crippen molar-refractivity contribution in [1.82, 2.24) is 10.2 Å². The van der Waals surface area contributed by atoms with Crippen LogP contribution in [0.4, 0.5) is 0 Å². The number of piperazine rings is 1. The maximum atomic E-state index is 13.0. The molecule has 28 heavy (non-hydrogen) atoms. The number of hydrogen-bond donors (Lipinski definition) is 1. The predicted molar refractivity (Wildman–Crippen MR) is 107 cm³/mol. The van der Waals surface area contributed by atoms with E-state index in [0.717, 1.165) is 0 Å². The minimum absolute atomic E-state index is 0. The van der Waals surface area contributed by atoms with Crippen molar-refractivity contribution >= 4 is 24.3 Å². The van der Waals surface area contributed by atoms with E-state index in [1.54, 1.807) is 24.0 Å². The number of halogens is 1. The highest BCUT2D eigenvalue weighted by Gasteiger charge is 2.26. The van der Waals surface area contributed by atoms with Crippen LogP contribution in [0, 0.1) is 0 Å². The van der Waals surface area contributed by atoms with Crippen LogP contribution in [-0.4, -0.2) is 70.4 Å². The fraction of sp³-hybridized carbons (Fsp3) is 0.579. The third kappa shape index (κ3) is 5.90. The fourth-order valence-corrected chi connectivity index (χ4v) is 3.12. The number of carbonyl (C=O) groups is 2. The summed E-state index contributed by atoms with van der Waals surface area (Å²) in [5, 5.41) is 3.35. The molecular weight excluding hydrogens is 388 g/mol. The number of hydrogen-bond acceptors (Lipinski definition) is 7. The summed E-state index contributed by atoms with van der Waals surface area (Å²) in [6, 6.07) is 3.35. The minimum Gasteiger partial charge on any atom is -0.493 e. The Bertz CT molecular complexity index is 645. The van der Waals surface area contributed by atoms with Gasteiger partial charge in [0.1, 0.15) is 0 Å². The van der Waals surface area contributed by atoms with E-state index in [4.69, 9.17) is 18.9 Å². The quantitative estimate of drug-likeness (QED) is 0.647. The third-order valence-corrected chi connectivity index (χ3v) is 4.46. The van der Waals surface area contributed by atoms with Crippen LogP contribution in [0.5, 0.6) is 17.2 Å². The Morgan fingerprint density at radius 2 is 1.79 bits per heavy atom. The molecular formula is C19H29ClN2O6. The van der Waals surface area contributed by atoms with Gasteiger partial charge >= 0.3 is 5.97 Å². The number of amides is 1. The van der Waals surface area contributed by atoms with Crippen molar-refractivity contribution in [1.29, 1.82) is 0 Å². The number of ether oxygens (including phenoxy) is 4. The fourth-order valence-electron chi connectivity index (χ4n) is 3.12. The molecule has 1 aromatic carbocycles. The summed E-state index contributed by atoms with van der Waals surface area (Å²) < 4.78 is 20.9. The Kier molecular flexibility index (Phi) is 9.89. The summed E-state index contributed by atoms with van der Waals surface area (Å²) in [5.41, 5.74) is 0.468. The molecule has 1 atom stereocenters. The van der Waals surface area contributed by atoms with Gasteiger partial charge in [-0.3, -0.25) is 9.59 Å². The average Bonchev–Trinajstić information content (AvgIpc) is 2.70. The second kappa shape index (κ2) is 11.6. The van der Waals surface area contributed by atoms with Gasteiger partial charge in [-0.25, -0.2) is 0 Å². The number of rotatable bonds is 8. The second-order valence-electron chi connectivity index (χ2n) is 6.16. The molecule has 1 saturated heterocycles. The zero-order valence-electron chi connectivity index (χ0n) is 16.8. The Hall–Kier alpha value is -2.19. The first-order chi connectivity index (χ1) is 13.0. The van der Waals surface area contributed by atoms with E-state index >= 15 is 0 Å². The van der Waals surface area contributed by atoms with Crippen LogP contribution < -0.4 is 19.5 Å². The van der Waals surface area contributed by atoms with Crippen LogP contribution in [0.25, 0.3) is 0 Å². The molecule has 0 spiro atoms. The van der Waals surface area contributed by atoms with Crippen molar-refractivity contribution in [2.75, 3.05) is 47.6 Å². The van der Waals surface area contributed by atoms with Crippen LogP contribution in [-0.2, 0) is 9.53 Å².